The highest BCUT2D eigenvalue weighted by atomic mass is 19.4. The molecule has 10 heteroatoms. The summed E-state index contributed by atoms with van der Waals surface area (Å²) in [5, 5.41) is 4.17. The quantitative estimate of drug-likeness (QED) is 0.619. The molecule has 2 amide bonds. The van der Waals surface area contributed by atoms with E-state index in [2.05, 4.69) is 10.00 Å². The molecule has 0 radical (unpaired) electrons. The Morgan fingerprint density at radius 1 is 1.03 bits per heavy atom. The van der Waals surface area contributed by atoms with Gasteiger partial charge in [0.2, 0.25) is 5.91 Å². The summed E-state index contributed by atoms with van der Waals surface area (Å²) in [5.74, 6) is -0.661. The Labute approximate surface area is 194 Å². The van der Waals surface area contributed by atoms with E-state index in [1.54, 1.807) is 24.0 Å². The van der Waals surface area contributed by atoms with Crippen molar-refractivity contribution in [1.82, 2.24) is 19.6 Å². The second-order valence-corrected chi connectivity index (χ2v) is 8.23. The topological polar surface area (TPSA) is 84.5 Å². The van der Waals surface area contributed by atoms with Gasteiger partial charge in [0.25, 0.3) is 5.91 Å². The maximum Gasteiger partial charge on any atom is 0.416 e. The second kappa shape index (κ2) is 9.30. The van der Waals surface area contributed by atoms with Crippen molar-refractivity contribution < 1.29 is 22.8 Å². The van der Waals surface area contributed by atoms with Crippen molar-refractivity contribution >= 4 is 11.8 Å². The molecule has 2 heterocycles. The summed E-state index contributed by atoms with van der Waals surface area (Å²) in [7, 11) is 0. The summed E-state index contributed by atoms with van der Waals surface area (Å²) < 4.78 is 40.6. The number of piperazine rings is 1. The molecule has 1 fully saturated rings. The van der Waals surface area contributed by atoms with E-state index in [0.29, 0.717) is 49.5 Å². The first-order valence-corrected chi connectivity index (χ1v) is 10.8. The van der Waals surface area contributed by atoms with Crippen molar-refractivity contribution in [2.45, 2.75) is 19.6 Å². The second-order valence-electron chi connectivity index (χ2n) is 8.23. The smallest absolute Gasteiger partial charge is 0.366 e. The van der Waals surface area contributed by atoms with E-state index in [9.17, 15) is 22.8 Å². The van der Waals surface area contributed by atoms with Gasteiger partial charge >= 0.3 is 6.18 Å². The summed E-state index contributed by atoms with van der Waals surface area (Å²) in [6.07, 6.45) is -3.05. The van der Waals surface area contributed by atoms with Crippen molar-refractivity contribution in [1.29, 1.82) is 0 Å². The highest BCUT2D eigenvalue weighted by Crippen LogP contribution is 2.30. The maximum atomic E-state index is 13.1. The predicted molar refractivity (Wildman–Crippen MR) is 119 cm³/mol. The van der Waals surface area contributed by atoms with Gasteiger partial charge in [0.1, 0.15) is 0 Å². The van der Waals surface area contributed by atoms with E-state index in [1.807, 2.05) is 12.1 Å². The molecule has 1 aliphatic heterocycles. The van der Waals surface area contributed by atoms with E-state index in [1.165, 1.54) is 23.0 Å². The fourth-order valence-corrected chi connectivity index (χ4v) is 4.01. The standard InChI is InChI=1S/C24H24F3N5O2/c1-16-21(14-29-32(16)20-4-2-3-19(13-20)24(25,26)27)23(34)31-11-9-30(10-12-31)15-17-5-7-18(8-6-17)22(28)33/h2-8,13-14H,9-12,15H2,1H3,(H2,28,33). The fraction of sp³-hybridized carbons (Fsp3) is 0.292. The van der Waals surface area contributed by atoms with Crippen molar-refractivity contribution in [3.05, 3.63) is 82.7 Å². The molecule has 3 aromatic rings. The molecule has 2 aromatic carbocycles. The lowest BCUT2D eigenvalue weighted by atomic mass is 10.1. The van der Waals surface area contributed by atoms with Crippen molar-refractivity contribution in [2.24, 2.45) is 5.73 Å². The number of primary amides is 1. The van der Waals surface area contributed by atoms with Gasteiger partial charge in [-0.1, -0.05) is 18.2 Å². The van der Waals surface area contributed by atoms with E-state index >= 15 is 0 Å². The highest BCUT2D eigenvalue weighted by molar-refractivity contribution is 5.95. The van der Waals surface area contributed by atoms with Crippen LogP contribution in [0.1, 0.15) is 37.5 Å². The number of benzene rings is 2. The Morgan fingerprint density at radius 2 is 1.71 bits per heavy atom. The van der Waals surface area contributed by atoms with Gasteiger partial charge in [0, 0.05) is 38.3 Å². The zero-order valence-electron chi connectivity index (χ0n) is 18.5. The van der Waals surface area contributed by atoms with Crippen LogP contribution in [0.2, 0.25) is 0 Å². The van der Waals surface area contributed by atoms with Crippen LogP contribution in [0.25, 0.3) is 5.69 Å². The van der Waals surface area contributed by atoms with Crippen LogP contribution in [0.4, 0.5) is 13.2 Å². The van der Waals surface area contributed by atoms with Crippen molar-refractivity contribution in [3.63, 3.8) is 0 Å². The number of nitrogens with two attached hydrogens (primary N) is 1. The van der Waals surface area contributed by atoms with Crippen molar-refractivity contribution in [2.75, 3.05) is 26.2 Å². The van der Waals surface area contributed by atoms with Gasteiger partial charge in [0.15, 0.2) is 0 Å². The fourth-order valence-electron chi connectivity index (χ4n) is 4.01. The molecule has 0 saturated carbocycles. The van der Waals surface area contributed by atoms with E-state index in [-0.39, 0.29) is 11.6 Å². The number of aromatic nitrogens is 2. The van der Waals surface area contributed by atoms with Gasteiger partial charge in [-0.25, -0.2) is 4.68 Å². The number of alkyl halides is 3. The van der Waals surface area contributed by atoms with Crippen LogP contribution < -0.4 is 5.73 Å². The first-order valence-electron chi connectivity index (χ1n) is 10.8. The van der Waals surface area contributed by atoms with Gasteiger partial charge in [0.05, 0.1) is 28.7 Å². The van der Waals surface area contributed by atoms with Gasteiger partial charge in [-0.2, -0.15) is 18.3 Å². The molecule has 7 nitrogen and oxygen atoms in total. The third kappa shape index (κ3) is 4.96. The highest BCUT2D eigenvalue weighted by Gasteiger charge is 2.31. The van der Waals surface area contributed by atoms with Crippen LogP contribution in [0, 0.1) is 6.92 Å². The minimum absolute atomic E-state index is 0.193. The third-order valence-corrected chi connectivity index (χ3v) is 5.96. The minimum Gasteiger partial charge on any atom is -0.366 e. The monoisotopic (exact) mass is 471 g/mol. The number of carbonyl (C=O) groups excluding carboxylic acids is 2. The molecule has 4 rings (SSSR count). The lowest BCUT2D eigenvalue weighted by Crippen LogP contribution is -2.48. The van der Waals surface area contributed by atoms with Gasteiger partial charge in [-0.3, -0.25) is 14.5 Å². The molecule has 34 heavy (non-hydrogen) atoms. The first-order chi connectivity index (χ1) is 16.1. The molecule has 1 aliphatic rings. The lowest BCUT2D eigenvalue weighted by Gasteiger charge is -2.34. The molecule has 2 N–H and O–H groups in total. The van der Waals surface area contributed by atoms with Gasteiger partial charge in [-0.05, 0) is 42.8 Å². The van der Waals surface area contributed by atoms with E-state index < -0.39 is 17.6 Å². The zero-order valence-corrected chi connectivity index (χ0v) is 18.5. The van der Waals surface area contributed by atoms with Gasteiger partial charge in [-0.15, -0.1) is 0 Å². The summed E-state index contributed by atoms with van der Waals surface area (Å²) >= 11 is 0. The van der Waals surface area contributed by atoms with Crippen LogP contribution in [0.15, 0.2) is 54.7 Å². The van der Waals surface area contributed by atoms with Crippen LogP contribution in [-0.4, -0.2) is 57.6 Å². The normalized spacial score (nSPS) is 14.9. The number of nitrogens with zero attached hydrogens (tertiary/aromatic N) is 4. The summed E-state index contributed by atoms with van der Waals surface area (Å²) in [6, 6.07) is 12.0. The molecular weight excluding hydrogens is 447 g/mol. The predicted octanol–water partition coefficient (Wildman–Crippen LogP) is 3.26. The average molecular weight is 471 g/mol. The maximum absolute atomic E-state index is 13.1. The Morgan fingerprint density at radius 3 is 2.32 bits per heavy atom. The molecule has 0 bridgehead atoms. The van der Waals surface area contributed by atoms with Crippen LogP contribution in [-0.2, 0) is 12.7 Å². The summed E-state index contributed by atoms with van der Waals surface area (Å²) in [5.41, 5.74) is 7.11. The van der Waals surface area contributed by atoms with Crippen LogP contribution in [0.3, 0.4) is 0 Å². The average Bonchev–Trinajstić information content (AvgIpc) is 3.20. The Hall–Kier alpha value is -3.66. The number of hydrogen-bond donors (Lipinski definition) is 1. The summed E-state index contributed by atoms with van der Waals surface area (Å²) in [6.45, 7) is 4.74. The molecule has 0 unspecified atom stereocenters. The van der Waals surface area contributed by atoms with Gasteiger partial charge < -0.3 is 10.6 Å². The van der Waals surface area contributed by atoms with E-state index in [4.69, 9.17) is 5.73 Å². The third-order valence-electron chi connectivity index (χ3n) is 5.96. The largest absolute Gasteiger partial charge is 0.416 e. The number of amides is 2. The Bertz CT molecular complexity index is 1200. The zero-order chi connectivity index (χ0) is 24.5. The SMILES string of the molecule is Cc1c(C(=O)N2CCN(Cc3ccc(C(N)=O)cc3)CC2)cnn1-c1cccc(C(F)(F)F)c1. The number of halogens is 3. The Kier molecular flexibility index (Phi) is 6.43. The molecular formula is C24H24F3N5O2. The van der Waals surface area contributed by atoms with Crippen LogP contribution >= 0.6 is 0 Å². The molecule has 1 aromatic heterocycles. The minimum atomic E-state index is -4.46. The number of carbonyl (C=O) groups is 2. The molecule has 1 saturated heterocycles. The number of hydrogen-bond acceptors (Lipinski definition) is 4. The first kappa shape index (κ1) is 23.5. The molecule has 178 valence electrons. The Balaban J connectivity index is 1.40. The number of rotatable bonds is 5. The molecule has 0 spiro atoms. The van der Waals surface area contributed by atoms with Crippen molar-refractivity contribution in [3.8, 4) is 5.69 Å². The molecule has 0 atom stereocenters. The molecule has 0 aliphatic carbocycles. The summed E-state index contributed by atoms with van der Waals surface area (Å²) in [4.78, 5) is 28.2. The van der Waals surface area contributed by atoms with Crippen LogP contribution in [0.5, 0.6) is 0 Å². The van der Waals surface area contributed by atoms with E-state index in [0.717, 1.165) is 17.7 Å². The lowest BCUT2D eigenvalue weighted by molar-refractivity contribution is -0.137.